The quantitative estimate of drug-likeness (QED) is 0.732. The molecular weight excluding hydrogens is 242 g/mol. The molecule has 0 aliphatic heterocycles. The molecule has 0 aliphatic carbocycles. The summed E-state index contributed by atoms with van der Waals surface area (Å²) in [4.78, 5) is 7.06. The molecule has 2 N–H and O–H groups in total. The van der Waals surface area contributed by atoms with E-state index >= 15 is 0 Å². The first-order valence-electron chi connectivity index (χ1n) is 6.15. The van der Waals surface area contributed by atoms with Crippen molar-refractivity contribution < 1.29 is 9.84 Å². The number of hydrogen-bond donors (Lipinski definition) is 2. The number of aliphatic hydroxyl groups excluding tert-OH is 1. The molecule has 0 bridgehead atoms. The molecule has 2 heterocycles. The first kappa shape index (κ1) is 11.8. The first-order chi connectivity index (χ1) is 9.33. The molecule has 2 aromatic heterocycles. The Kier molecular flexibility index (Phi) is 3.20. The molecule has 0 saturated heterocycles. The molecule has 1 aromatic carbocycles. The van der Waals surface area contributed by atoms with Crippen LogP contribution in [0, 0.1) is 0 Å². The average Bonchev–Trinajstić information content (AvgIpc) is 3.06. The molecule has 0 fully saturated rings. The molecule has 3 rings (SSSR count). The number of imidazole rings is 1. The fourth-order valence-electron chi connectivity index (χ4n) is 2.06. The monoisotopic (exact) mass is 257 g/mol. The van der Waals surface area contributed by atoms with E-state index in [-0.39, 0.29) is 6.61 Å². The summed E-state index contributed by atoms with van der Waals surface area (Å²) in [6, 6.07) is 7.79. The molecule has 0 amide bonds. The van der Waals surface area contributed by atoms with Gasteiger partial charge >= 0.3 is 0 Å². The summed E-state index contributed by atoms with van der Waals surface area (Å²) in [6.45, 7) is 0.728. The van der Waals surface area contributed by atoms with Gasteiger partial charge in [-0.2, -0.15) is 0 Å². The van der Waals surface area contributed by atoms with Gasteiger partial charge in [0.05, 0.1) is 12.9 Å². The van der Waals surface area contributed by atoms with Crippen LogP contribution in [-0.4, -0.2) is 32.4 Å². The zero-order valence-electron chi connectivity index (χ0n) is 10.4. The topological polar surface area (TPSA) is 63.1 Å². The lowest BCUT2D eigenvalue weighted by Crippen LogP contribution is -2.23. The molecule has 0 unspecified atom stereocenters. The minimum Gasteiger partial charge on any atom is -0.490 e. The average molecular weight is 257 g/mol. The lowest BCUT2D eigenvalue weighted by molar-refractivity contribution is 0.0932. The number of ether oxygens (including phenoxy) is 1. The Bertz CT molecular complexity index is 646. The fourth-order valence-corrected chi connectivity index (χ4v) is 2.06. The molecule has 1 atom stereocenters. The molecular formula is C14H15N3O2. The van der Waals surface area contributed by atoms with Crippen molar-refractivity contribution in [2.45, 2.75) is 12.6 Å². The van der Waals surface area contributed by atoms with E-state index in [2.05, 4.69) is 9.97 Å². The molecule has 0 spiro atoms. The summed E-state index contributed by atoms with van der Waals surface area (Å²) < 4.78 is 7.51. The summed E-state index contributed by atoms with van der Waals surface area (Å²) >= 11 is 0. The van der Waals surface area contributed by atoms with E-state index < -0.39 is 6.10 Å². The van der Waals surface area contributed by atoms with Crippen LogP contribution < -0.4 is 4.74 Å². The largest absolute Gasteiger partial charge is 0.490 e. The zero-order chi connectivity index (χ0) is 13.1. The van der Waals surface area contributed by atoms with E-state index in [0.717, 1.165) is 16.7 Å². The number of H-pyrrole nitrogens is 1. The Labute approximate surface area is 110 Å². The van der Waals surface area contributed by atoms with E-state index in [4.69, 9.17) is 4.74 Å². The van der Waals surface area contributed by atoms with Gasteiger partial charge in [-0.3, -0.25) is 0 Å². The molecule has 5 nitrogen and oxygen atoms in total. The van der Waals surface area contributed by atoms with E-state index in [1.54, 1.807) is 12.5 Å². The third kappa shape index (κ3) is 2.61. The number of nitrogens with zero attached hydrogens (tertiary/aromatic N) is 2. The Hall–Kier alpha value is -2.27. The van der Waals surface area contributed by atoms with Crippen LogP contribution >= 0.6 is 0 Å². The van der Waals surface area contributed by atoms with Gasteiger partial charge in [0.2, 0.25) is 0 Å². The maximum Gasteiger partial charge on any atom is 0.128 e. The van der Waals surface area contributed by atoms with Crippen molar-refractivity contribution in [3.63, 3.8) is 0 Å². The van der Waals surface area contributed by atoms with Gasteiger partial charge in [-0.25, -0.2) is 4.98 Å². The Balaban J connectivity index is 1.64. The van der Waals surface area contributed by atoms with Gasteiger partial charge in [-0.1, -0.05) is 6.07 Å². The van der Waals surface area contributed by atoms with Crippen LogP contribution in [0.15, 0.2) is 49.2 Å². The predicted molar refractivity (Wildman–Crippen MR) is 72.0 cm³/mol. The highest BCUT2D eigenvalue weighted by Crippen LogP contribution is 2.24. The van der Waals surface area contributed by atoms with Gasteiger partial charge in [0, 0.05) is 29.5 Å². The van der Waals surface area contributed by atoms with Crippen LogP contribution in [0.25, 0.3) is 10.9 Å². The Morgan fingerprint density at radius 1 is 1.37 bits per heavy atom. The van der Waals surface area contributed by atoms with Crippen molar-refractivity contribution in [1.29, 1.82) is 0 Å². The van der Waals surface area contributed by atoms with Gasteiger partial charge < -0.3 is 19.4 Å². The van der Waals surface area contributed by atoms with Crippen LogP contribution in [0.1, 0.15) is 0 Å². The van der Waals surface area contributed by atoms with E-state index in [1.165, 1.54) is 0 Å². The summed E-state index contributed by atoms with van der Waals surface area (Å²) in [6.07, 6.45) is 6.49. The Morgan fingerprint density at radius 2 is 2.32 bits per heavy atom. The van der Waals surface area contributed by atoms with Gasteiger partial charge in [0.25, 0.3) is 0 Å². The maximum absolute atomic E-state index is 9.92. The molecule has 0 saturated carbocycles. The van der Waals surface area contributed by atoms with Crippen LogP contribution in [0.2, 0.25) is 0 Å². The van der Waals surface area contributed by atoms with Gasteiger partial charge in [-0.15, -0.1) is 0 Å². The SMILES string of the molecule is O[C@H](COc1cccc2[nH]ccc12)Cn1ccnc1. The second-order valence-electron chi connectivity index (χ2n) is 4.42. The number of aliphatic hydroxyl groups is 1. The van der Waals surface area contributed by atoms with Gasteiger partial charge in [0.1, 0.15) is 18.5 Å². The summed E-state index contributed by atoms with van der Waals surface area (Å²) in [5.41, 5.74) is 1.03. The fraction of sp³-hybridized carbons (Fsp3) is 0.214. The number of fused-ring (bicyclic) bond motifs is 1. The Morgan fingerprint density at radius 3 is 3.16 bits per heavy atom. The number of aromatic amines is 1. The number of aromatic nitrogens is 3. The highest BCUT2D eigenvalue weighted by molar-refractivity contribution is 5.85. The van der Waals surface area contributed by atoms with Crippen molar-refractivity contribution in [2.75, 3.05) is 6.61 Å². The van der Waals surface area contributed by atoms with E-state index in [0.29, 0.717) is 6.54 Å². The van der Waals surface area contributed by atoms with Gasteiger partial charge in [0.15, 0.2) is 0 Å². The second kappa shape index (κ2) is 5.16. The molecule has 19 heavy (non-hydrogen) atoms. The molecule has 3 aromatic rings. The minimum atomic E-state index is -0.566. The number of benzene rings is 1. The van der Waals surface area contributed by atoms with Crippen molar-refractivity contribution in [3.8, 4) is 5.75 Å². The van der Waals surface area contributed by atoms with Crippen molar-refractivity contribution in [1.82, 2.24) is 14.5 Å². The lowest BCUT2D eigenvalue weighted by atomic mass is 10.2. The van der Waals surface area contributed by atoms with Crippen LogP contribution in [0.3, 0.4) is 0 Å². The third-order valence-electron chi connectivity index (χ3n) is 2.97. The number of nitrogens with one attached hydrogen (secondary N) is 1. The maximum atomic E-state index is 9.92. The van der Waals surface area contributed by atoms with Crippen LogP contribution in [0.4, 0.5) is 0 Å². The minimum absolute atomic E-state index is 0.252. The van der Waals surface area contributed by atoms with Crippen LogP contribution in [0.5, 0.6) is 5.75 Å². The van der Waals surface area contributed by atoms with Crippen molar-refractivity contribution in [2.24, 2.45) is 0 Å². The highest BCUT2D eigenvalue weighted by atomic mass is 16.5. The highest BCUT2D eigenvalue weighted by Gasteiger charge is 2.08. The first-order valence-corrected chi connectivity index (χ1v) is 6.15. The molecule has 5 heteroatoms. The smallest absolute Gasteiger partial charge is 0.128 e. The molecule has 0 radical (unpaired) electrons. The standard InChI is InChI=1S/C14H15N3O2/c18-11(8-17-7-6-15-10-17)9-19-14-3-1-2-13-12(14)4-5-16-13/h1-7,10-11,16,18H,8-9H2/t11-/m0/s1. The number of rotatable bonds is 5. The third-order valence-corrected chi connectivity index (χ3v) is 2.97. The summed E-state index contributed by atoms with van der Waals surface area (Å²) in [5, 5.41) is 10.9. The van der Waals surface area contributed by atoms with E-state index in [9.17, 15) is 5.11 Å². The van der Waals surface area contributed by atoms with E-state index in [1.807, 2.05) is 41.2 Å². The van der Waals surface area contributed by atoms with Crippen molar-refractivity contribution in [3.05, 3.63) is 49.2 Å². The summed E-state index contributed by atoms with van der Waals surface area (Å²) in [7, 11) is 0. The predicted octanol–water partition coefficient (Wildman–Crippen LogP) is 1.80. The van der Waals surface area contributed by atoms with Crippen molar-refractivity contribution >= 4 is 10.9 Å². The molecule has 0 aliphatic rings. The normalized spacial score (nSPS) is 12.7. The molecule has 98 valence electrons. The second-order valence-corrected chi connectivity index (χ2v) is 4.42. The van der Waals surface area contributed by atoms with Gasteiger partial charge in [-0.05, 0) is 18.2 Å². The van der Waals surface area contributed by atoms with Crippen LogP contribution in [-0.2, 0) is 6.54 Å². The number of hydrogen-bond acceptors (Lipinski definition) is 3. The zero-order valence-corrected chi connectivity index (χ0v) is 10.4. The summed E-state index contributed by atoms with van der Waals surface area (Å²) in [5.74, 6) is 0.781. The lowest BCUT2D eigenvalue weighted by Gasteiger charge is -2.13.